The predicted molar refractivity (Wildman–Crippen MR) is 79.2 cm³/mol. The van der Waals surface area contributed by atoms with E-state index < -0.39 is 11.4 Å². The van der Waals surface area contributed by atoms with Crippen molar-refractivity contribution in [3.8, 4) is 0 Å². The van der Waals surface area contributed by atoms with Crippen LogP contribution < -0.4 is 0 Å². The van der Waals surface area contributed by atoms with Crippen LogP contribution in [0.4, 0.5) is 0 Å². The van der Waals surface area contributed by atoms with Gasteiger partial charge in [-0.2, -0.15) is 0 Å². The van der Waals surface area contributed by atoms with E-state index in [9.17, 15) is 14.7 Å². The van der Waals surface area contributed by atoms with Crippen molar-refractivity contribution in [3.05, 3.63) is 21.9 Å². The third-order valence-corrected chi connectivity index (χ3v) is 5.13. The summed E-state index contributed by atoms with van der Waals surface area (Å²) in [5, 5.41) is 9.46. The van der Waals surface area contributed by atoms with Crippen molar-refractivity contribution in [3.63, 3.8) is 0 Å². The van der Waals surface area contributed by atoms with E-state index in [0.717, 1.165) is 16.2 Å². The number of nitrogens with zero attached hydrogens (tertiary/aromatic N) is 1. The number of carboxylic acid groups (broad SMARTS) is 1. The fraction of sp³-hybridized carbons (Fsp3) is 0.600. The number of carbonyl (C=O) groups excluding carboxylic acids is 1. The van der Waals surface area contributed by atoms with Crippen LogP contribution in [0, 0.1) is 12.3 Å². The maximum Gasteiger partial charge on any atom is 0.309 e. The second-order valence-corrected chi connectivity index (χ2v) is 6.83. The molecule has 0 aliphatic carbocycles. The van der Waals surface area contributed by atoms with Gasteiger partial charge in [0, 0.05) is 18.0 Å². The van der Waals surface area contributed by atoms with Crippen LogP contribution in [0.25, 0.3) is 0 Å². The number of hydrogen-bond acceptors (Lipinski definition) is 3. The average molecular weight is 295 g/mol. The van der Waals surface area contributed by atoms with Crippen LogP contribution in [0.1, 0.15) is 47.2 Å². The van der Waals surface area contributed by atoms with Crippen LogP contribution in [-0.2, 0) is 4.79 Å². The number of carboxylic acids is 1. The molecule has 20 heavy (non-hydrogen) atoms. The minimum absolute atomic E-state index is 0.0404. The Balaban J connectivity index is 2.03. The number of thiophene rings is 1. The summed E-state index contributed by atoms with van der Waals surface area (Å²) in [6, 6.07) is 3.80. The molecule has 5 heteroatoms. The van der Waals surface area contributed by atoms with Crippen LogP contribution >= 0.6 is 11.3 Å². The summed E-state index contributed by atoms with van der Waals surface area (Å²) in [5.74, 6) is -0.669. The second kappa shape index (κ2) is 5.95. The van der Waals surface area contributed by atoms with E-state index in [2.05, 4.69) is 0 Å². The fourth-order valence-electron chi connectivity index (χ4n) is 2.89. The maximum absolute atomic E-state index is 12.3. The Bertz CT molecular complexity index is 501. The van der Waals surface area contributed by atoms with Gasteiger partial charge in [-0.3, -0.25) is 9.59 Å². The van der Waals surface area contributed by atoms with Crippen molar-refractivity contribution in [2.75, 3.05) is 13.1 Å². The largest absolute Gasteiger partial charge is 0.481 e. The molecule has 4 nitrogen and oxygen atoms in total. The number of aliphatic carboxylic acids is 1. The zero-order chi connectivity index (χ0) is 14.8. The first-order valence-electron chi connectivity index (χ1n) is 7.07. The normalized spacial score (nSPS) is 18.0. The SMILES string of the molecule is CCCC1(C(=O)O)CCN(C(=O)c2ccc(C)s2)CC1. The first kappa shape index (κ1) is 15.0. The maximum atomic E-state index is 12.3. The molecule has 1 aliphatic heterocycles. The van der Waals surface area contributed by atoms with Crippen LogP contribution in [0.2, 0.25) is 0 Å². The lowest BCUT2D eigenvalue weighted by Gasteiger charge is -2.38. The smallest absolute Gasteiger partial charge is 0.309 e. The molecular formula is C15H21NO3S. The van der Waals surface area contributed by atoms with Gasteiger partial charge in [-0.05, 0) is 38.3 Å². The molecule has 0 aromatic carbocycles. The molecule has 1 N–H and O–H groups in total. The first-order valence-corrected chi connectivity index (χ1v) is 7.89. The predicted octanol–water partition coefficient (Wildman–Crippen LogP) is 3.16. The number of amides is 1. The molecule has 0 radical (unpaired) electrons. The highest BCUT2D eigenvalue weighted by atomic mass is 32.1. The summed E-state index contributed by atoms with van der Waals surface area (Å²) >= 11 is 1.50. The summed E-state index contributed by atoms with van der Waals surface area (Å²) in [6.07, 6.45) is 2.69. The molecule has 1 aromatic heterocycles. The number of rotatable bonds is 4. The van der Waals surface area contributed by atoms with Gasteiger partial charge >= 0.3 is 5.97 Å². The fourth-order valence-corrected chi connectivity index (χ4v) is 3.73. The van der Waals surface area contributed by atoms with Crippen molar-refractivity contribution in [2.45, 2.75) is 39.5 Å². The summed E-state index contributed by atoms with van der Waals surface area (Å²) in [6.45, 7) is 5.08. The Labute approximate surface area is 123 Å². The van der Waals surface area contributed by atoms with Crippen molar-refractivity contribution < 1.29 is 14.7 Å². The van der Waals surface area contributed by atoms with Gasteiger partial charge in [0.2, 0.25) is 0 Å². The van der Waals surface area contributed by atoms with E-state index in [1.54, 1.807) is 4.90 Å². The average Bonchev–Trinajstić information content (AvgIpc) is 2.85. The van der Waals surface area contributed by atoms with Gasteiger partial charge < -0.3 is 10.0 Å². The van der Waals surface area contributed by atoms with E-state index >= 15 is 0 Å². The molecule has 0 saturated carbocycles. The lowest BCUT2D eigenvalue weighted by Crippen LogP contribution is -2.46. The zero-order valence-corrected chi connectivity index (χ0v) is 12.8. The van der Waals surface area contributed by atoms with Gasteiger partial charge in [-0.15, -0.1) is 11.3 Å². The Morgan fingerprint density at radius 1 is 1.35 bits per heavy atom. The first-order chi connectivity index (χ1) is 9.48. The van der Waals surface area contributed by atoms with Crippen LogP contribution in [-0.4, -0.2) is 35.0 Å². The molecule has 0 bridgehead atoms. The van der Waals surface area contributed by atoms with Gasteiger partial charge in [-0.25, -0.2) is 0 Å². The Morgan fingerprint density at radius 3 is 2.45 bits per heavy atom. The summed E-state index contributed by atoms with van der Waals surface area (Å²) in [5.41, 5.74) is -0.628. The molecular weight excluding hydrogens is 274 g/mol. The molecule has 110 valence electrons. The van der Waals surface area contributed by atoms with Gasteiger partial charge in [-0.1, -0.05) is 13.3 Å². The van der Waals surface area contributed by atoms with Gasteiger partial charge in [0.25, 0.3) is 5.91 Å². The Hall–Kier alpha value is -1.36. The van der Waals surface area contributed by atoms with E-state index in [1.807, 2.05) is 26.0 Å². The lowest BCUT2D eigenvalue weighted by atomic mass is 9.75. The van der Waals surface area contributed by atoms with Crippen LogP contribution in [0.15, 0.2) is 12.1 Å². The van der Waals surface area contributed by atoms with Crippen molar-refractivity contribution in [2.24, 2.45) is 5.41 Å². The van der Waals surface area contributed by atoms with Crippen LogP contribution in [0.3, 0.4) is 0 Å². The minimum atomic E-state index is -0.710. The Kier molecular flexibility index (Phi) is 4.48. The minimum Gasteiger partial charge on any atom is -0.481 e. The molecule has 0 spiro atoms. The van der Waals surface area contributed by atoms with Crippen molar-refractivity contribution in [1.29, 1.82) is 0 Å². The third-order valence-electron chi connectivity index (χ3n) is 4.14. The number of hydrogen-bond donors (Lipinski definition) is 1. The lowest BCUT2D eigenvalue weighted by molar-refractivity contribution is -0.152. The third kappa shape index (κ3) is 2.87. The van der Waals surface area contributed by atoms with E-state index in [-0.39, 0.29) is 5.91 Å². The molecule has 1 amide bonds. The number of aryl methyl sites for hydroxylation is 1. The molecule has 2 rings (SSSR count). The molecule has 1 aliphatic rings. The number of carbonyl (C=O) groups is 2. The van der Waals surface area contributed by atoms with Gasteiger partial charge in [0.1, 0.15) is 0 Å². The molecule has 2 heterocycles. The highest BCUT2D eigenvalue weighted by molar-refractivity contribution is 7.13. The van der Waals surface area contributed by atoms with E-state index in [1.165, 1.54) is 11.3 Å². The summed E-state index contributed by atoms with van der Waals surface area (Å²) < 4.78 is 0. The Morgan fingerprint density at radius 2 is 2.00 bits per heavy atom. The van der Waals surface area contributed by atoms with Crippen LogP contribution in [0.5, 0.6) is 0 Å². The number of likely N-dealkylation sites (tertiary alicyclic amines) is 1. The molecule has 1 saturated heterocycles. The molecule has 1 fully saturated rings. The van der Waals surface area contributed by atoms with E-state index in [4.69, 9.17) is 0 Å². The van der Waals surface area contributed by atoms with Crippen molar-refractivity contribution in [1.82, 2.24) is 4.90 Å². The topological polar surface area (TPSA) is 57.6 Å². The van der Waals surface area contributed by atoms with E-state index in [0.29, 0.717) is 32.4 Å². The highest BCUT2D eigenvalue weighted by Gasteiger charge is 2.41. The quantitative estimate of drug-likeness (QED) is 0.928. The van der Waals surface area contributed by atoms with Crippen molar-refractivity contribution >= 4 is 23.2 Å². The zero-order valence-electron chi connectivity index (χ0n) is 12.0. The van der Waals surface area contributed by atoms with Gasteiger partial charge in [0.05, 0.1) is 10.3 Å². The monoisotopic (exact) mass is 295 g/mol. The summed E-state index contributed by atoms with van der Waals surface area (Å²) in [7, 11) is 0. The molecule has 1 aromatic rings. The molecule has 0 unspecified atom stereocenters. The van der Waals surface area contributed by atoms with Gasteiger partial charge in [0.15, 0.2) is 0 Å². The standard InChI is InChI=1S/C15H21NO3S/c1-3-6-15(14(18)19)7-9-16(10-8-15)13(17)12-5-4-11(2)20-12/h4-5H,3,6-10H2,1-2H3,(H,18,19). The summed E-state index contributed by atoms with van der Waals surface area (Å²) in [4.78, 5) is 27.5. The number of piperidine rings is 1. The highest BCUT2D eigenvalue weighted by Crippen LogP contribution is 2.37. The second-order valence-electron chi connectivity index (χ2n) is 5.54. The molecule has 0 atom stereocenters.